The summed E-state index contributed by atoms with van der Waals surface area (Å²) in [5, 5.41) is 0. The first kappa shape index (κ1) is 18.0. The number of halogens is 3. The minimum atomic E-state index is -4.37. The van der Waals surface area contributed by atoms with Gasteiger partial charge in [0.15, 0.2) is 0 Å². The second kappa shape index (κ2) is 9.03. The summed E-state index contributed by atoms with van der Waals surface area (Å²) >= 11 is 0. The molecule has 2 nitrogen and oxygen atoms in total. The Bertz CT molecular complexity index is 405. The molecule has 1 aromatic rings. The first-order chi connectivity index (χ1) is 9.96. The average Bonchev–Trinajstić information content (AvgIpc) is 2.45. The topological polar surface area (TPSA) is 38.9 Å². The summed E-state index contributed by atoms with van der Waals surface area (Å²) in [6, 6.07) is 0.408. The highest BCUT2D eigenvalue weighted by Gasteiger charge is 2.34. The Morgan fingerprint density at radius 3 is 2.33 bits per heavy atom. The minimum absolute atomic E-state index is 0.107. The molecule has 0 bridgehead atoms. The van der Waals surface area contributed by atoms with Gasteiger partial charge < -0.3 is 5.73 Å². The van der Waals surface area contributed by atoms with Gasteiger partial charge in [-0.15, -0.1) is 0 Å². The lowest BCUT2D eigenvalue weighted by Gasteiger charge is -2.17. The average molecular weight is 302 g/mol. The van der Waals surface area contributed by atoms with Crippen molar-refractivity contribution in [3.63, 3.8) is 0 Å². The number of hydrogen-bond acceptors (Lipinski definition) is 2. The maximum absolute atomic E-state index is 12.9. The Morgan fingerprint density at radius 1 is 1.10 bits per heavy atom. The third kappa shape index (κ3) is 6.46. The van der Waals surface area contributed by atoms with Gasteiger partial charge in [0.2, 0.25) is 0 Å². The number of pyridine rings is 1. The van der Waals surface area contributed by atoms with Gasteiger partial charge in [0.1, 0.15) is 0 Å². The highest BCUT2D eigenvalue weighted by molar-refractivity contribution is 5.28. The van der Waals surface area contributed by atoms with Crippen LogP contribution in [0.5, 0.6) is 0 Å². The van der Waals surface area contributed by atoms with E-state index in [4.69, 9.17) is 5.73 Å². The molecule has 1 heterocycles. The van der Waals surface area contributed by atoms with E-state index in [1.165, 1.54) is 31.9 Å². The van der Waals surface area contributed by atoms with Crippen molar-refractivity contribution < 1.29 is 13.2 Å². The van der Waals surface area contributed by atoms with E-state index in [0.29, 0.717) is 6.42 Å². The number of aromatic nitrogens is 1. The summed E-state index contributed by atoms with van der Waals surface area (Å²) in [6.07, 6.45) is 6.54. The first-order valence-electron chi connectivity index (χ1n) is 7.73. The van der Waals surface area contributed by atoms with Crippen molar-refractivity contribution in [3.8, 4) is 0 Å². The maximum Gasteiger partial charge on any atom is 0.416 e. The van der Waals surface area contributed by atoms with Crippen LogP contribution in [0.4, 0.5) is 13.2 Å². The fraction of sp³-hybridized carbons (Fsp3) is 0.688. The van der Waals surface area contributed by atoms with E-state index in [-0.39, 0.29) is 5.56 Å². The van der Waals surface area contributed by atoms with Crippen molar-refractivity contribution in [2.75, 3.05) is 0 Å². The zero-order valence-corrected chi connectivity index (χ0v) is 12.6. The molecule has 5 heteroatoms. The van der Waals surface area contributed by atoms with Crippen molar-refractivity contribution in [2.24, 2.45) is 5.73 Å². The van der Waals surface area contributed by atoms with Gasteiger partial charge in [-0.05, 0) is 18.1 Å². The lowest BCUT2D eigenvalue weighted by Crippen LogP contribution is -2.17. The lowest BCUT2D eigenvalue weighted by atomic mass is 9.97. The van der Waals surface area contributed by atoms with Gasteiger partial charge in [0.25, 0.3) is 0 Å². The molecule has 0 aliphatic rings. The zero-order valence-electron chi connectivity index (χ0n) is 12.6. The van der Waals surface area contributed by atoms with Crippen molar-refractivity contribution >= 4 is 0 Å². The predicted octanol–water partition coefficient (Wildman–Crippen LogP) is 5.24. The molecule has 1 aromatic heterocycles. The van der Waals surface area contributed by atoms with Crippen LogP contribution in [-0.4, -0.2) is 4.98 Å². The summed E-state index contributed by atoms with van der Waals surface area (Å²) in [4.78, 5) is 3.78. The fourth-order valence-electron chi connectivity index (χ4n) is 2.44. The molecular formula is C16H25F3N2. The molecule has 0 aliphatic carbocycles. The Morgan fingerprint density at radius 2 is 1.71 bits per heavy atom. The Kier molecular flexibility index (Phi) is 7.72. The number of rotatable bonds is 9. The molecule has 1 rings (SSSR count). The molecule has 120 valence electrons. The molecule has 0 saturated heterocycles. The van der Waals surface area contributed by atoms with Crippen LogP contribution in [0.15, 0.2) is 18.5 Å². The van der Waals surface area contributed by atoms with Crippen LogP contribution in [-0.2, 0) is 6.18 Å². The standard InChI is InChI=1S/C16H25F3N2/c1-2-3-4-5-6-7-8-9-15(20)13-12-21-11-10-14(13)16(17,18)19/h10-12,15H,2-9,20H2,1H3. The predicted molar refractivity (Wildman–Crippen MR) is 78.8 cm³/mol. The minimum Gasteiger partial charge on any atom is -0.324 e. The Hall–Kier alpha value is -1.10. The highest BCUT2D eigenvalue weighted by atomic mass is 19.4. The third-order valence-electron chi connectivity index (χ3n) is 3.68. The SMILES string of the molecule is CCCCCCCCCC(N)c1cnccc1C(F)(F)F. The largest absolute Gasteiger partial charge is 0.416 e. The molecule has 1 atom stereocenters. The van der Waals surface area contributed by atoms with Crippen LogP contribution < -0.4 is 5.73 Å². The molecule has 0 amide bonds. The van der Waals surface area contributed by atoms with Gasteiger partial charge >= 0.3 is 6.18 Å². The quantitative estimate of drug-likeness (QED) is 0.633. The van der Waals surface area contributed by atoms with E-state index in [1.54, 1.807) is 0 Å². The molecule has 0 fully saturated rings. The van der Waals surface area contributed by atoms with Crippen molar-refractivity contribution in [2.45, 2.75) is 70.5 Å². The maximum atomic E-state index is 12.9. The van der Waals surface area contributed by atoms with E-state index in [0.717, 1.165) is 31.5 Å². The van der Waals surface area contributed by atoms with E-state index in [1.807, 2.05) is 0 Å². The summed E-state index contributed by atoms with van der Waals surface area (Å²) in [5.74, 6) is 0. The Labute approximate surface area is 125 Å². The second-order valence-electron chi connectivity index (χ2n) is 5.48. The van der Waals surface area contributed by atoms with E-state index < -0.39 is 17.8 Å². The fourth-order valence-corrected chi connectivity index (χ4v) is 2.44. The van der Waals surface area contributed by atoms with Crippen molar-refractivity contribution in [3.05, 3.63) is 29.6 Å². The van der Waals surface area contributed by atoms with Gasteiger partial charge in [-0.3, -0.25) is 4.98 Å². The summed E-state index contributed by atoms with van der Waals surface area (Å²) in [5.41, 5.74) is 5.36. The highest BCUT2D eigenvalue weighted by Crippen LogP contribution is 2.34. The van der Waals surface area contributed by atoms with Gasteiger partial charge in [0.05, 0.1) is 5.56 Å². The van der Waals surface area contributed by atoms with Crippen LogP contribution in [0, 0.1) is 0 Å². The Balaban J connectivity index is 2.41. The van der Waals surface area contributed by atoms with Gasteiger partial charge in [0, 0.05) is 18.4 Å². The molecule has 0 saturated carbocycles. The first-order valence-corrected chi connectivity index (χ1v) is 7.73. The van der Waals surface area contributed by atoms with Gasteiger partial charge in [-0.25, -0.2) is 0 Å². The number of unbranched alkanes of at least 4 members (excludes halogenated alkanes) is 6. The molecular weight excluding hydrogens is 277 g/mol. The van der Waals surface area contributed by atoms with Crippen molar-refractivity contribution in [1.82, 2.24) is 4.98 Å². The molecule has 0 radical (unpaired) electrons. The number of alkyl halides is 3. The van der Waals surface area contributed by atoms with Gasteiger partial charge in [-0.2, -0.15) is 13.2 Å². The zero-order chi connectivity index (χ0) is 15.7. The second-order valence-corrected chi connectivity index (χ2v) is 5.48. The van der Waals surface area contributed by atoms with Crippen LogP contribution in [0.1, 0.15) is 75.5 Å². The molecule has 0 aliphatic heterocycles. The molecule has 1 unspecified atom stereocenters. The van der Waals surface area contributed by atoms with Crippen LogP contribution in [0.2, 0.25) is 0 Å². The van der Waals surface area contributed by atoms with Gasteiger partial charge in [-0.1, -0.05) is 51.9 Å². The number of hydrogen-bond donors (Lipinski definition) is 1. The normalized spacial score (nSPS) is 13.4. The molecule has 0 spiro atoms. The third-order valence-corrected chi connectivity index (χ3v) is 3.68. The van der Waals surface area contributed by atoms with Crippen LogP contribution in [0.25, 0.3) is 0 Å². The lowest BCUT2D eigenvalue weighted by molar-refractivity contribution is -0.138. The van der Waals surface area contributed by atoms with E-state index in [2.05, 4.69) is 11.9 Å². The molecule has 0 aromatic carbocycles. The summed E-state index contributed by atoms with van der Waals surface area (Å²) in [7, 11) is 0. The van der Waals surface area contributed by atoms with E-state index in [9.17, 15) is 13.2 Å². The molecule has 21 heavy (non-hydrogen) atoms. The number of nitrogens with zero attached hydrogens (tertiary/aromatic N) is 1. The van der Waals surface area contributed by atoms with Crippen LogP contribution in [0.3, 0.4) is 0 Å². The number of nitrogens with two attached hydrogens (primary N) is 1. The van der Waals surface area contributed by atoms with Crippen LogP contribution >= 0.6 is 0 Å². The summed E-state index contributed by atoms with van der Waals surface area (Å²) < 4.78 is 38.7. The molecule has 2 N–H and O–H groups in total. The van der Waals surface area contributed by atoms with Crippen molar-refractivity contribution in [1.29, 1.82) is 0 Å². The smallest absolute Gasteiger partial charge is 0.324 e. The summed E-state index contributed by atoms with van der Waals surface area (Å²) in [6.45, 7) is 2.17. The van der Waals surface area contributed by atoms with E-state index >= 15 is 0 Å². The monoisotopic (exact) mass is 302 g/mol.